The van der Waals surface area contributed by atoms with Gasteiger partial charge in [0.05, 0.1) is 5.97 Å². The van der Waals surface area contributed by atoms with Crippen molar-refractivity contribution in [2.45, 2.75) is 113 Å². The zero-order valence-electron chi connectivity index (χ0n) is 29.8. The Bertz CT molecular complexity index is 1550. The van der Waals surface area contributed by atoms with Crippen LogP contribution in [0.1, 0.15) is 107 Å². The number of carboxylic acid groups (broad SMARTS) is 1. The third kappa shape index (κ3) is 4.85. The number of rotatable bonds is 2. The molecule has 11 unspecified atom stereocenters. The summed E-state index contributed by atoms with van der Waals surface area (Å²) in [5.74, 6) is 0.0818. The maximum atomic E-state index is 14.5. The molecule has 0 bridgehead atoms. The summed E-state index contributed by atoms with van der Waals surface area (Å²) in [4.78, 5) is 42.3. The van der Waals surface area contributed by atoms with Gasteiger partial charge in [0.15, 0.2) is 12.0 Å². The molecule has 1 heterocycles. The normalized spacial score (nSPS) is 43.9. The molecule has 4 fully saturated rings. The van der Waals surface area contributed by atoms with Gasteiger partial charge >= 0.3 is 5.97 Å². The first-order valence-corrected chi connectivity index (χ1v) is 18.0. The molecule has 0 amide bonds. The highest BCUT2D eigenvalue weighted by molar-refractivity contribution is 5.98. The van der Waals surface area contributed by atoms with Crippen LogP contribution < -0.4 is 10.1 Å². The number of hydrogen-bond acceptors (Lipinski definition) is 5. The smallest absolute Gasteiger partial charge is 0.302 e. The van der Waals surface area contributed by atoms with E-state index < -0.39 is 34.3 Å². The van der Waals surface area contributed by atoms with Crippen molar-refractivity contribution in [2.24, 2.45) is 56.7 Å². The van der Waals surface area contributed by atoms with E-state index >= 15 is 0 Å². The third-order valence-corrected chi connectivity index (χ3v) is 15.2. The number of para-hydroxylation sites is 1. The molecule has 7 rings (SSSR count). The predicted molar refractivity (Wildman–Crippen MR) is 180 cm³/mol. The van der Waals surface area contributed by atoms with Crippen LogP contribution in [0.15, 0.2) is 54.2 Å². The van der Waals surface area contributed by atoms with Crippen molar-refractivity contribution in [1.82, 2.24) is 0 Å². The van der Waals surface area contributed by atoms with Crippen molar-refractivity contribution in [2.75, 3.05) is 0 Å². The average molecular weight is 642 g/mol. The Labute approximate surface area is 281 Å². The molecule has 0 saturated heterocycles. The molecule has 5 aliphatic rings. The molecule has 6 heteroatoms. The van der Waals surface area contributed by atoms with E-state index in [1.54, 1.807) is 6.92 Å². The first-order chi connectivity index (χ1) is 22.0. The van der Waals surface area contributed by atoms with E-state index in [4.69, 9.17) is 4.74 Å². The second kappa shape index (κ2) is 11.6. The molecule has 2 aromatic rings. The molecule has 47 heavy (non-hydrogen) atoms. The molecular formula is C41H55NO5. The number of aliphatic carboxylic acids is 1. The standard InChI is InChI=1S/C32H48O5.C9H7N/c1-18-11-13-28(4)15-16-29(5)21(26(28)19(18)2)17-24(34)32(8)22(29)9-10-23-30(32,6)14-12-25(37-20(3)33)31(23,7)27(35)36;1-2-6-9-8(4-1)5-3-7-10-9/h17-19,22-23,25-26H,9-16H2,1-8H3,(H,35,36);1-7H. The number of carboxylic acids is 1. The largest absolute Gasteiger partial charge is 0.549 e. The van der Waals surface area contributed by atoms with Crippen molar-refractivity contribution in [3.05, 3.63) is 54.2 Å². The van der Waals surface area contributed by atoms with E-state index in [1.165, 1.54) is 42.7 Å². The SMILES string of the molecule is CC(=O)OC1CCC2(C)C(CCC3C4(C)CCC5(C)CCC(C)C(C)C5C4=CC(=O)C32C)C1(C)C(=O)[O-].c1ccc2[nH+]cccc2c1. The summed E-state index contributed by atoms with van der Waals surface area (Å²) in [6.45, 7) is 17.0. The Morgan fingerprint density at radius 2 is 1.55 bits per heavy atom. The van der Waals surface area contributed by atoms with Gasteiger partial charge in [0.1, 0.15) is 6.10 Å². The topological polar surface area (TPSA) is 97.6 Å². The summed E-state index contributed by atoms with van der Waals surface area (Å²) in [6, 6.07) is 12.3. The van der Waals surface area contributed by atoms with E-state index in [-0.39, 0.29) is 28.4 Å². The Morgan fingerprint density at radius 1 is 0.872 bits per heavy atom. The maximum Gasteiger partial charge on any atom is 0.302 e. The fourth-order valence-electron chi connectivity index (χ4n) is 12.0. The van der Waals surface area contributed by atoms with Gasteiger partial charge in [-0.2, -0.15) is 0 Å². The van der Waals surface area contributed by atoms with E-state index in [1.807, 2.05) is 24.4 Å². The van der Waals surface area contributed by atoms with Crippen LogP contribution in [-0.4, -0.2) is 23.8 Å². The summed E-state index contributed by atoms with van der Waals surface area (Å²) in [7, 11) is 0. The van der Waals surface area contributed by atoms with Crippen LogP contribution in [0.4, 0.5) is 0 Å². The quantitative estimate of drug-likeness (QED) is 0.324. The summed E-state index contributed by atoms with van der Waals surface area (Å²) in [5, 5.41) is 14.0. The van der Waals surface area contributed by atoms with E-state index in [0.29, 0.717) is 37.0 Å². The Balaban J connectivity index is 0.000000327. The van der Waals surface area contributed by atoms with Gasteiger partial charge in [0.25, 0.3) is 0 Å². The highest BCUT2D eigenvalue weighted by atomic mass is 16.5. The number of aromatic amines is 1. The minimum absolute atomic E-state index is 0.0588. The molecule has 254 valence electrons. The number of nitrogens with one attached hydrogen (secondary N) is 1. The minimum Gasteiger partial charge on any atom is -0.549 e. The zero-order chi connectivity index (χ0) is 34.2. The Hall–Kier alpha value is -3.02. The number of H-pyrrole nitrogens is 1. The average Bonchev–Trinajstić information content (AvgIpc) is 3.03. The van der Waals surface area contributed by atoms with Crippen LogP contribution in [0.3, 0.4) is 0 Å². The molecule has 11 atom stereocenters. The lowest BCUT2D eigenvalue weighted by Gasteiger charge is -2.70. The molecular weight excluding hydrogens is 586 g/mol. The zero-order valence-corrected chi connectivity index (χ0v) is 29.8. The molecule has 1 N–H and O–H groups in total. The van der Waals surface area contributed by atoms with Crippen molar-refractivity contribution in [3.63, 3.8) is 0 Å². The van der Waals surface area contributed by atoms with E-state index in [0.717, 1.165) is 12.8 Å². The monoisotopic (exact) mass is 641 g/mol. The van der Waals surface area contributed by atoms with Crippen LogP contribution in [-0.2, 0) is 19.1 Å². The number of esters is 1. The molecule has 0 spiro atoms. The number of hydrogen-bond donors (Lipinski definition) is 0. The molecule has 5 aliphatic carbocycles. The summed E-state index contributed by atoms with van der Waals surface area (Å²) in [6.07, 6.45) is 10.7. The lowest BCUT2D eigenvalue weighted by Crippen LogP contribution is -2.70. The van der Waals surface area contributed by atoms with Gasteiger partial charge in [0, 0.05) is 35.3 Å². The first-order valence-electron chi connectivity index (χ1n) is 18.0. The molecule has 0 aliphatic heterocycles. The van der Waals surface area contributed by atoms with Crippen LogP contribution >= 0.6 is 0 Å². The summed E-state index contributed by atoms with van der Waals surface area (Å²) < 4.78 is 5.60. The highest BCUT2D eigenvalue weighted by Gasteiger charge is 2.72. The Kier molecular flexibility index (Phi) is 8.32. The van der Waals surface area contributed by atoms with Crippen LogP contribution in [0.2, 0.25) is 0 Å². The van der Waals surface area contributed by atoms with Gasteiger partial charge in [-0.15, -0.1) is 0 Å². The number of fused-ring (bicyclic) bond motifs is 8. The highest BCUT2D eigenvalue weighted by Crippen LogP contribution is 2.74. The number of aromatic nitrogens is 1. The Morgan fingerprint density at radius 3 is 2.23 bits per heavy atom. The van der Waals surface area contributed by atoms with Gasteiger partial charge in [-0.25, -0.2) is 4.98 Å². The van der Waals surface area contributed by atoms with Gasteiger partial charge in [0.2, 0.25) is 5.52 Å². The fourth-order valence-corrected chi connectivity index (χ4v) is 12.0. The van der Waals surface area contributed by atoms with E-state index in [2.05, 4.69) is 70.8 Å². The number of carbonyl (C=O) groups excluding carboxylic acids is 3. The fraction of sp³-hybridized carbons (Fsp3) is 0.659. The van der Waals surface area contributed by atoms with Crippen molar-refractivity contribution < 1.29 is 29.2 Å². The van der Waals surface area contributed by atoms with Gasteiger partial charge in [-0.05, 0) is 115 Å². The molecule has 0 radical (unpaired) electrons. The van der Waals surface area contributed by atoms with Crippen LogP contribution in [0.25, 0.3) is 10.9 Å². The van der Waals surface area contributed by atoms with Crippen molar-refractivity contribution >= 4 is 28.6 Å². The molecule has 1 aromatic carbocycles. The number of pyridine rings is 1. The molecule has 4 saturated carbocycles. The lowest BCUT2D eigenvalue weighted by atomic mass is 9.33. The molecule has 6 nitrogen and oxygen atoms in total. The second-order valence-electron chi connectivity index (χ2n) is 17.2. The predicted octanol–water partition coefficient (Wildman–Crippen LogP) is 7.16. The van der Waals surface area contributed by atoms with Crippen LogP contribution in [0, 0.1) is 56.7 Å². The number of benzene rings is 1. The minimum atomic E-state index is -1.32. The first kappa shape index (κ1) is 33.9. The van der Waals surface area contributed by atoms with Crippen molar-refractivity contribution in [1.29, 1.82) is 0 Å². The summed E-state index contributed by atoms with van der Waals surface area (Å²) >= 11 is 0. The third-order valence-electron chi connectivity index (χ3n) is 15.2. The maximum absolute atomic E-state index is 14.5. The lowest BCUT2D eigenvalue weighted by molar-refractivity contribution is -0.344. The van der Waals surface area contributed by atoms with Crippen LogP contribution in [0.5, 0.6) is 0 Å². The van der Waals surface area contributed by atoms with E-state index in [9.17, 15) is 19.5 Å². The number of ether oxygens (including phenoxy) is 1. The van der Waals surface area contributed by atoms with Gasteiger partial charge in [-0.3, -0.25) is 9.59 Å². The molecule has 1 aromatic heterocycles. The van der Waals surface area contributed by atoms with Gasteiger partial charge < -0.3 is 14.6 Å². The number of carbonyl (C=O) groups is 3. The number of ketones is 1. The van der Waals surface area contributed by atoms with Gasteiger partial charge in [-0.1, -0.05) is 66.2 Å². The van der Waals surface area contributed by atoms with Crippen molar-refractivity contribution in [3.8, 4) is 0 Å². The second-order valence-corrected chi connectivity index (χ2v) is 17.2. The summed E-state index contributed by atoms with van der Waals surface area (Å²) in [5.41, 5.74) is 0.268. The number of allylic oxidation sites excluding steroid dienone is 2.